The molecule has 0 spiro atoms. The van der Waals surface area contributed by atoms with E-state index in [2.05, 4.69) is 0 Å². The van der Waals surface area contributed by atoms with Crippen molar-refractivity contribution >= 4 is 10.0 Å². The molecule has 0 saturated heterocycles. The molecule has 0 bridgehead atoms. The lowest BCUT2D eigenvalue weighted by Gasteiger charge is -2.25. The predicted octanol–water partition coefficient (Wildman–Crippen LogP) is 2.27. The Labute approximate surface area is 118 Å². The van der Waals surface area contributed by atoms with Crippen LogP contribution in [0.5, 0.6) is 0 Å². The Morgan fingerprint density at radius 2 is 1.90 bits per heavy atom. The summed E-state index contributed by atoms with van der Waals surface area (Å²) >= 11 is 0. The Hall–Kier alpha value is -1.05. The zero-order chi connectivity index (χ0) is 15.5. The molecule has 0 unspecified atom stereocenters. The minimum Gasteiger partial charge on any atom is -0.391 e. The van der Waals surface area contributed by atoms with E-state index >= 15 is 0 Å². The largest absolute Gasteiger partial charge is 0.391 e. The van der Waals surface area contributed by atoms with Crippen molar-refractivity contribution in [2.75, 3.05) is 6.54 Å². The van der Waals surface area contributed by atoms with Crippen molar-refractivity contribution in [2.45, 2.75) is 44.7 Å². The molecule has 0 aliphatic rings. The molecule has 1 aromatic rings. The van der Waals surface area contributed by atoms with Crippen LogP contribution in [0, 0.1) is 11.6 Å². The van der Waals surface area contributed by atoms with Crippen LogP contribution < -0.4 is 0 Å². The van der Waals surface area contributed by atoms with Gasteiger partial charge in [-0.2, -0.15) is 4.31 Å². The Balaban J connectivity index is 3.42. The lowest BCUT2D eigenvalue weighted by atomic mass is 10.2. The van der Waals surface area contributed by atoms with Gasteiger partial charge in [-0.1, -0.05) is 6.92 Å². The highest BCUT2D eigenvalue weighted by atomic mass is 32.2. The average Bonchev–Trinajstić information content (AvgIpc) is 2.35. The van der Waals surface area contributed by atoms with Crippen molar-refractivity contribution in [3.05, 3.63) is 29.3 Å². The average molecular weight is 307 g/mol. The number of halogens is 2. The van der Waals surface area contributed by atoms with Crippen molar-refractivity contribution in [3.63, 3.8) is 0 Å². The van der Waals surface area contributed by atoms with Gasteiger partial charge in [0, 0.05) is 12.6 Å². The van der Waals surface area contributed by atoms with Gasteiger partial charge in [0.25, 0.3) is 0 Å². The first-order valence-electron chi connectivity index (χ1n) is 6.36. The van der Waals surface area contributed by atoms with E-state index in [0.717, 1.165) is 16.4 Å². The standard InChI is InChI=1S/C13H19F2NO3S/c1-4-7-16(9(2)3)20(18,19)12-6-5-11(14)10(8-17)13(12)15/h5-6,9,17H,4,7-8H2,1-3H3. The van der Waals surface area contributed by atoms with Crippen LogP contribution in [0.15, 0.2) is 17.0 Å². The Morgan fingerprint density at radius 1 is 1.30 bits per heavy atom. The van der Waals surface area contributed by atoms with Crippen LogP contribution >= 0.6 is 0 Å². The highest BCUT2D eigenvalue weighted by Crippen LogP contribution is 2.25. The summed E-state index contributed by atoms with van der Waals surface area (Å²) in [6.07, 6.45) is 0.576. The van der Waals surface area contributed by atoms with Gasteiger partial charge in [-0.15, -0.1) is 0 Å². The van der Waals surface area contributed by atoms with Gasteiger partial charge in [-0.3, -0.25) is 0 Å². The lowest BCUT2D eigenvalue weighted by Crippen LogP contribution is -2.38. The highest BCUT2D eigenvalue weighted by Gasteiger charge is 2.30. The van der Waals surface area contributed by atoms with Gasteiger partial charge < -0.3 is 5.11 Å². The molecular weight excluding hydrogens is 288 g/mol. The summed E-state index contributed by atoms with van der Waals surface area (Å²) in [6.45, 7) is 4.52. The second-order valence-corrected chi connectivity index (χ2v) is 6.56. The molecule has 4 nitrogen and oxygen atoms in total. The molecule has 20 heavy (non-hydrogen) atoms. The van der Waals surface area contributed by atoms with Crippen LogP contribution in [0.25, 0.3) is 0 Å². The monoisotopic (exact) mass is 307 g/mol. The molecule has 1 aromatic carbocycles. The minimum absolute atomic E-state index is 0.241. The van der Waals surface area contributed by atoms with Gasteiger partial charge in [0.1, 0.15) is 10.7 Å². The van der Waals surface area contributed by atoms with Crippen molar-refractivity contribution in [1.29, 1.82) is 0 Å². The number of nitrogens with zero attached hydrogens (tertiary/aromatic N) is 1. The fourth-order valence-electron chi connectivity index (χ4n) is 1.92. The van der Waals surface area contributed by atoms with Gasteiger partial charge in [0.05, 0.1) is 12.2 Å². The molecular formula is C13H19F2NO3S. The third-order valence-electron chi connectivity index (χ3n) is 2.92. The van der Waals surface area contributed by atoms with Crippen LogP contribution in [-0.2, 0) is 16.6 Å². The molecule has 1 rings (SSSR count). The molecule has 0 atom stereocenters. The summed E-state index contributed by atoms with van der Waals surface area (Å²) in [5, 5.41) is 8.95. The summed E-state index contributed by atoms with van der Waals surface area (Å²) in [5.74, 6) is -2.19. The maximum atomic E-state index is 14.1. The number of benzene rings is 1. The summed E-state index contributed by atoms with van der Waals surface area (Å²) < 4.78 is 53.5. The van der Waals surface area contributed by atoms with Crippen molar-refractivity contribution < 1.29 is 22.3 Å². The first kappa shape index (κ1) is 17.0. The first-order valence-corrected chi connectivity index (χ1v) is 7.80. The Morgan fingerprint density at radius 3 is 2.35 bits per heavy atom. The van der Waals surface area contributed by atoms with E-state index in [4.69, 9.17) is 5.11 Å². The summed E-state index contributed by atoms with van der Waals surface area (Å²) in [4.78, 5) is -0.606. The smallest absolute Gasteiger partial charge is 0.246 e. The van der Waals surface area contributed by atoms with Crippen LogP contribution in [0.4, 0.5) is 8.78 Å². The van der Waals surface area contributed by atoms with E-state index in [9.17, 15) is 17.2 Å². The number of aliphatic hydroxyl groups excluding tert-OH is 1. The zero-order valence-corrected chi connectivity index (χ0v) is 12.5. The predicted molar refractivity (Wildman–Crippen MR) is 71.6 cm³/mol. The van der Waals surface area contributed by atoms with Gasteiger partial charge >= 0.3 is 0 Å². The van der Waals surface area contributed by atoms with Crippen LogP contribution in [0.1, 0.15) is 32.8 Å². The number of aliphatic hydroxyl groups is 1. The highest BCUT2D eigenvalue weighted by molar-refractivity contribution is 7.89. The Bertz CT molecular complexity index is 573. The Kier molecular flexibility index (Phi) is 5.61. The van der Waals surface area contributed by atoms with Crippen molar-refractivity contribution in [2.24, 2.45) is 0 Å². The molecule has 0 heterocycles. The van der Waals surface area contributed by atoms with E-state index in [-0.39, 0.29) is 12.6 Å². The molecule has 1 N–H and O–H groups in total. The van der Waals surface area contributed by atoms with Gasteiger partial charge in [0.15, 0.2) is 5.82 Å². The third-order valence-corrected chi connectivity index (χ3v) is 5.01. The van der Waals surface area contributed by atoms with Gasteiger partial charge in [0.2, 0.25) is 10.0 Å². The van der Waals surface area contributed by atoms with Crippen LogP contribution in [0.2, 0.25) is 0 Å². The molecule has 0 amide bonds. The van der Waals surface area contributed by atoms with Crippen LogP contribution in [-0.4, -0.2) is 30.4 Å². The van der Waals surface area contributed by atoms with E-state index in [1.807, 2.05) is 6.92 Å². The summed E-state index contributed by atoms with van der Waals surface area (Å²) in [7, 11) is -4.06. The van der Waals surface area contributed by atoms with E-state index in [1.54, 1.807) is 13.8 Å². The zero-order valence-electron chi connectivity index (χ0n) is 11.7. The lowest BCUT2D eigenvalue weighted by molar-refractivity contribution is 0.267. The van der Waals surface area contributed by atoms with E-state index in [1.165, 1.54) is 0 Å². The molecule has 0 aliphatic carbocycles. The number of sulfonamides is 1. The SMILES string of the molecule is CCCN(C(C)C)S(=O)(=O)c1ccc(F)c(CO)c1F. The minimum atomic E-state index is -4.06. The maximum Gasteiger partial charge on any atom is 0.246 e. The quantitative estimate of drug-likeness (QED) is 0.877. The first-order chi connectivity index (χ1) is 9.27. The second kappa shape index (κ2) is 6.60. The molecule has 114 valence electrons. The van der Waals surface area contributed by atoms with Gasteiger partial charge in [-0.25, -0.2) is 17.2 Å². The molecule has 0 aromatic heterocycles. The summed E-state index contributed by atoms with van der Waals surface area (Å²) in [6, 6.07) is 1.40. The van der Waals surface area contributed by atoms with E-state index in [0.29, 0.717) is 6.42 Å². The maximum absolute atomic E-state index is 14.1. The van der Waals surface area contributed by atoms with Gasteiger partial charge in [-0.05, 0) is 32.4 Å². The third kappa shape index (κ3) is 3.16. The topological polar surface area (TPSA) is 57.6 Å². The fourth-order valence-corrected chi connectivity index (χ4v) is 3.74. The molecule has 0 saturated carbocycles. The molecule has 0 aliphatic heterocycles. The fraction of sp³-hybridized carbons (Fsp3) is 0.538. The van der Waals surface area contributed by atoms with Crippen LogP contribution in [0.3, 0.4) is 0 Å². The molecule has 0 radical (unpaired) electrons. The van der Waals surface area contributed by atoms with Crippen molar-refractivity contribution in [3.8, 4) is 0 Å². The van der Waals surface area contributed by atoms with Crippen molar-refractivity contribution in [1.82, 2.24) is 4.31 Å². The number of hydrogen-bond donors (Lipinski definition) is 1. The normalized spacial score (nSPS) is 12.4. The molecule has 0 fully saturated rings. The van der Waals surface area contributed by atoms with E-state index < -0.39 is 38.7 Å². The number of rotatable bonds is 6. The number of hydrogen-bond acceptors (Lipinski definition) is 3. The molecule has 7 heteroatoms. The summed E-state index contributed by atoms with van der Waals surface area (Å²) in [5.41, 5.74) is -0.633. The second-order valence-electron chi connectivity index (χ2n) is 4.71.